The first-order valence-electron chi connectivity index (χ1n) is 9.24. The van der Waals surface area contributed by atoms with E-state index in [0.29, 0.717) is 10.9 Å². The fourth-order valence-electron chi connectivity index (χ4n) is 3.05. The maximum Gasteiger partial charge on any atom is 0.252 e. The van der Waals surface area contributed by atoms with Gasteiger partial charge in [0, 0.05) is 18.2 Å². The lowest BCUT2D eigenvalue weighted by atomic mass is 9.98. The van der Waals surface area contributed by atoms with Crippen molar-refractivity contribution in [1.29, 1.82) is 5.26 Å². The molecule has 1 aliphatic carbocycles. The number of benzene rings is 1. The predicted octanol–water partition coefficient (Wildman–Crippen LogP) is 2.77. The lowest BCUT2D eigenvalue weighted by molar-refractivity contribution is -0.121. The number of thioether (sulfide) groups is 1. The van der Waals surface area contributed by atoms with Gasteiger partial charge in [-0.25, -0.2) is 9.37 Å². The summed E-state index contributed by atoms with van der Waals surface area (Å²) in [4.78, 5) is 29.1. The summed E-state index contributed by atoms with van der Waals surface area (Å²) in [7, 11) is 0. The molecule has 8 heteroatoms. The van der Waals surface area contributed by atoms with Crippen molar-refractivity contribution in [3.63, 3.8) is 0 Å². The molecule has 3 N–H and O–H groups in total. The van der Waals surface area contributed by atoms with Crippen LogP contribution in [-0.4, -0.2) is 29.6 Å². The van der Waals surface area contributed by atoms with E-state index in [1.165, 1.54) is 23.9 Å². The van der Waals surface area contributed by atoms with Crippen LogP contribution in [0.2, 0.25) is 0 Å². The minimum atomic E-state index is -0.653. The van der Waals surface area contributed by atoms with E-state index < -0.39 is 17.7 Å². The molecule has 6 nitrogen and oxygen atoms in total. The van der Waals surface area contributed by atoms with Gasteiger partial charge >= 0.3 is 0 Å². The van der Waals surface area contributed by atoms with Crippen LogP contribution in [0.5, 0.6) is 0 Å². The smallest absolute Gasteiger partial charge is 0.252 e. The summed E-state index contributed by atoms with van der Waals surface area (Å²) in [5.41, 5.74) is 7.53. The van der Waals surface area contributed by atoms with E-state index in [4.69, 9.17) is 5.73 Å². The molecule has 1 heterocycles. The largest absolute Gasteiger partial charge is 0.369 e. The van der Waals surface area contributed by atoms with Crippen molar-refractivity contribution in [3.05, 3.63) is 58.5 Å². The molecule has 2 amide bonds. The van der Waals surface area contributed by atoms with E-state index in [0.717, 1.165) is 24.1 Å². The molecule has 1 unspecified atom stereocenters. The normalized spacial score (nSPS) is 14.1. The van der Waals surface area contributed by atoms with Gasteiger partial charge in [-0.3, -0.25) is 9.59 Å². The zero-order valence-electron chi connectivity index (χ0n) is 15.9. The number of amides is 2. The number of carbonyl (C=O) groups excluding carboxylic acids is 2. The topological polar surface area (TPSA) is 109 Å². The summed E-state index contributed by atoms with van der Waals surface area (Å²) in [5.74, 6) is -1.69. The van der Waals surface area contributed by atoms with Gasteiger partial charge in [0.25, 0.3) is 5.91 Å². The first-order valence-corrected chi connectivity index (χ1v) is 10.5. The van der Waals surface area contributed by atoms with Crippen molar-refractivity contribution in [3.8, 4) is 6.07 Å². The van der Waals surface area contributed by atoms with Crippen LogP contribution in [0.4, 0.5) is 4.39 Å². The monoisotopic (exact) mass is 412 g/mol. The highest BCUT2D eigenvalue weighted by atomic mass is 32.2. The van der Waals surface area contributed by atoms with Crippen LogP contribution in [0.1, 0.15) is 45.9 Å². The summed E-state index contributed by atoms with van der Waals surface area (Å²) in [6, 6.07) is 9.52. The van der Waals surface area contributed by atoms with Crippen LogP contribution in [0, 0.1) is 23.1 Å². The van der Waals surface area contributed by atoms with E-state index in [9.17, 15) is 19.2 Å². The second-order valence-electron chi connectivity index (χ2n) is 7.00. The molecule has 1 fully saturated rings. The van der Waals surface area contributed by atoms with Gasteiger partial charge in [-0.05, 0) is 49.3 Å². The van der Waals surface area contributed by atoms with E-state index in [1.54, 1.807) is 18.2 Å². The van der Waals surface area contributed by atoms with Crippen LogP contribution in [-0.2, 0) is 11.2 Å². The molecule has 3 rings (SSSR count). The standard InChI is InChI=1S/C21H21FN4O2S/c1-29-21-17(10-23)16(9-18(26-21)13-4-5-13)20(28)25-11-14(19(24)27)8-12-2-6-15(22)7-3-12/h2-3,6-7,9,13-14H,4-5,8,11H2,1H3,(H2,24,27)(H,25,28). The van der Waals surface area contributed by atoms with Crippen molar-refractivity contribution in [2.24, 2.45) is 11.7 Å². The molecule has 1 atom stereocenters. The summed E-state index contributed by atoms with van der Waals surface area (Å²) < 4.78 is 13.1. The lowest BCUT2D eigenvalue weighted by Gasteiger charge is -2.16. The Bertz CT molecular complexity index is 968. The van der Waals surface area contributed by atoms with Gasteiger partial charge < -0.3 is 11.1 Å². The van der Waals surface area contributed by atoms with Crippen molar-refractivity contribution in [2.45, 2.75) is 30.2 Å². The Morgan fingerprint density at radius 3 is 2.62 bits per heavy atom. The number of nitriles is 1. The third-order valence-corrected chi connectivity index (χ3v) is 5.54. The molecule has 0 spiro atoms. The molecule has 1 aromatic carbocycles. The van der Waals surface area contributed by atoms with Crippen LogP contribution in [0.3, 0.4) is 0 Å². The number of aromatic nitrogens is 1. The zero-order valence-corrected chi connectivity index (χ0v) is 16.8. The van der Waals surface area contributed by atoms with Crippen molar-refractivity contribution in [2.75, 3.05) is 12.8 Å². The van der Waals surface area contributed by atoms with Gasteiger partial charge in [0.1, 0.15) is 16.9 Å². The third kappa shape index (κ3) is 5.12. The van der Waals surface area contributed by atoms with Crippen molar-refractivity contribution >= 4 is 23.6 Å². The second-order valence-corrected chi connectivity index (χ2v) is 7.80. The highest BCUT2D eigenvalue weighted by Crippen LogP contribution is 2.40. The number of carbonyl (C=O) groups is 2. The molecule has 29 heavy (non-hydrogen) atoms. The van der Waals surface area contributed by atoms with Crippen LogP contribution in [0.15, 0.2) is 35.4 Å². The number of nitrogens with one attached hydrogen (secondary N) is 1. The predicted molar refractivity (Wildman–Crippen MR) is 108 cm³/mol. The lowest BCUT2D eigenvalue weighted by Crippen LogP contribution is -2.37. The number of hydrogen-bond acceptors (Lipinski definition) is 5. The fraction of sp³-hybridized carbons (Fsp3) is 0.333. The summed E-state index contributed by atoms with van der Waals surface area (Å²) in [6.07, 6.45) is 4.14. The number of pyridine rings is 1. The van der Waals surface area contributed by atoms with Crippen LogP contribution in [0.25, 0.3) is 0 Å². The number of hydrogen-bond donors (Lipinski definition) is 2. The summed E-state index contributed by atoms with van der Waals surface area (Å²) in [5, 5.41) is 12.8. The molecule has 1 aromatic heterocycles. The Morgan fingerprint density at radius 1 is 1.38 bits per heavy atom. The zero-order chi connectivity index (χ0) is 21.0. The van der Waals surface area contributed by atoms with Crippen LogP contribution >= 0.6 is 11.8 Å². The van der Waals surface area contributed by atoms with E-state index in [2.05, 4.69) is 16.4 Å². The fourth-order valence-corrected chi connectivity index (χ4v) is 3.61. The minimum Gasteiger partial charge on any atom is -0.369 e. The molecule has 1 saturated carbocycles. The highest BCUT2D eigenvalue weighted by Gasteiger charge is 2.29. The minimum absolute atomic E-state index is 0.0199. The number of rotatable bonds is 8. The first kappa shape index (κ1) is 20.8. The number of nitrogens with zero attached hydrogens (tertiary/aromatic N) is 2. The maximum absolute atomic E-state index is 13.1. The number of halogens is 1. The first-order chi connectivity index (χ1) is 13.9. The molecule has 0 radical (unpaired) electrons. The SMILES string of the molecule is CSc1nc(C2CC2)cc(C(=O)NCC(Cc2ccc(F)cc2)C(N)=O)c1C#N. The maximum atomic E-state index is 13.1. The van der Waals surface area contributed by atoms with E-state index in [1.807, 2.05) is 6.26 Å². The van der Waals surface area contributed by atoms with Gasteiger partial charge in [-0.15, -0.1) is 11.8 Å². The molecule has 0 saturated heterocycles. The molecule has 0 aliphatic heterocycles. The van der Waals surface area contributed by atoms with Gasteiger partial charge in [0.2, 0.25) is 5.91 Å². The third-order valence-electron chi connectivity index (χ3n) is 4.86. The summed E-state index contributed by atoms with van der Waals surface area (Å²) >= 11 is 1.32. The summed E-state index contributed by atoms with van der Waals surface area (Å²) in [6.45, 7) is 0.0199. The molecule has 0 bridgehead atoms. The quantitative estimate of drug-likeness (QED) is 0.648. The molecule has 1 aliphatic rings. The highest BCUT2D eigenvalue weighted by molar-refractivity contribution is 7.98. The van der Waals surface area contributed by atoms with E-state index in [-0.39, 0.29) is 29.9 Å². The number of primary amides is 1. The molecular formula is C21H21FN4O2S. The Labute approximate surface area is 172 Å². The number of nitrogens with two attached hydrogens (primary N) is 1. The molecular weight excluding hydrogens is 391 g/mol. The van der Waals surface area contributed by atoms with Gasteiger partial charge in [0.05, 0.1) is 17.0 Å². The van der Waals surface area contributed by atoms with Gasteiger partial charge in [-0.2, -0.15) is 5.26 Å². The van der Waals surface area contributed by atoms with Crippen LogP contribution < -0.4 is 11.1 Å². The Hall–Kier alpha value is -2.92. The average molecular weight is 412 g/mol. The average Bonchev–Trinajstić information content (AvgIpc) is 3.56. The van der Waals surface area contributed by atoms with Gasteiger partial charge in [-0.1, -0.05) is 12.1 Å². The Kier molecular flexibility index (Phi) is 6.49. The molecule has 150 valence electrons. The Morgan fingerprint density at radius 2 is 2.07 bits per heavy atom. The second kappa shape index (κ2) is 9.05. The molecule has 2 aromatic rings. The van der Waals surface area contributed by atoms with Crippen molar-refractivity contribution in [1.82, 2.24) is 10.3 Å². The van der Waals surface area contributed by atoms with Crippen molar-refractivity contribution < 1.29 is 14.0 Å². The van der Waals surface area contributed by atoms with Gasteiger partial charge in [0.15, 0.2) is 0 Å². The van der Waals surface area contributed by atoms with E-state index >= 15 is 0 Å². The Balaban J connectivity index is 1.76.